The highest BCUT2D eigenvalue weighted by atomic mass is 127. The highest BCUT2D eigenvalue weighted by Crippen LogP contribution is 2.17. The molecule has 0 amide bonds. The molecule has 0 saturated carbocycles. The van der Waals surface area contributed by atoms with Crippen molar-refractivity contribution in [3.63, 3.8) is 0 Å². The van der Waals surface area contributed by atoms with Gasteiger partial charge in [0.1, 0.15) is 11.6 Å². The topological polar surface area (TPSA) is 63.5 Å². The standard InChI is InChI=1S/C21H27N5O.HI/c1-16-25-18-9-5-6-10-19(18)26(16)15-14-24-21(22-2)23-13-12-17-8-4-7-11-20(17)27-3;/h4-11H,12-15H2,1-3H3,(H2,22,23,24);1H. The largest absolute Gasteiger partial charge is 0.496 e. The lowest BCUT2D eigenvalue weighted by molar-refractivity contribution is 0.409. The van der Waals surface area contributed by atoms with E-state index in [0.29, 0.717) is 0 Å². The zero-order valence-corrected chi connectivity index (χ0v) is 18.9. The van der Waals surface area contributed by atoms with Crippen molar-refractivity contribution in [2.45, 2.75) is 19.9 Å². The molecule has 2 N–H and O–H groups in total. The van der Waals surface area contributed by atoms with Crippen molar-refractivity contribution in [2.24, 2.45) is 4.99 Å². The van der Waals surface area contributed by atoms with Gasteiger partial charge in [0.05, 0.1) is 18.1 Å². The van der Waals surface area contributed by atoms with E-state index in [4.69, 9.17) is 4.74 Å². The molecule has 7 heteroatoms. The van der Waals surface area contributed by atoms with Gasteiger partial charge in [0.15, 0.2) is 5.96 Å². The van der Waals surface area contributed by atoms with E-state index in [-0.39, 0.29) is 24.0 Å². The summed E-state index contributed by atoms with van der Waals surface area (Å²) in [5.41, 5.74) is 3.38. The molecule has 0 atom stereocenters. The predicted octanol–water partition coefficient (Wildman–Crippen LogP) is 3.38. The van der Waals surface area contributed by atoms with Gasteiger partial charge in [-0.1, -0.05) is 30.3 Å². The van der Waals surface area contributed by atoms with Gasteiger partial charge >= 0.3 is 0 Å². The van der Waals surface area contributed by atoms with Crippen molar-refractivity contribution in [1.82, 2.24) is 20.2 Å². The number of methoxy groups -OCH3 is 1. The molecule has 150 valence electrons. The maximum Gasteiger partial charge on any atom is 0.191 e. The van der Waals surface area contributed by atoms with Crippen molar-refractivity contribution in [2.75, 3.05) is 27.2 Å². The van der Waals surface area contributed by atoms with Crippen LogP contribution >= 0.6 is 24.0 Å². The second-order valence-corrected chi connectivity index (χ2v) is 6.29. The van der Waals surface area contributed by atoms with Crippen molar-refractivity contribution in [3.8, 4) is 5.75 Å². The summed E-state index contributed by atoms with van der Waals surface area (Å²) in [5.74, 6) is 2.74. The Morgan fingerprint density at radius 1 is 1.07 bits per heavy atom. The number of benzene rings is 2. The minimum atomic E-state index is 0. The van der Waals surface area contributed by atoms with Gasteiger partial charge in [-0.05, 0) is 37.1 Å². The van der Waals surface area contributed by atoms with Crippen LogP contribution < -0.4 is 15.4 Å². The number of ether oxygens (including phenoxy) is 1. The number of hydrogen-bond acceptors (Lipinski definition) is 3. The first-order chi connectivity index (χ1) is 13.2. The van der Waals surface area contributed by atoms with Crippen molar-refractivity contribution >= 4 is 41.0 Å². The average molecular weight is 493 g/mol. The molecule has 3 rings (SSSR count). The predicted molar refractivity (Wildman–Crippen MR) is 126 cm³/mol. The SMILES string of the molecule is CN=C(NCCc1ccccc1OC)NCCn1c(C)nc2ccccc21.I. The van der Waals surface area contributed by atoms with Crippen LogP contribution in [0.15, 0.2) is 53.5 Å². The van der Waals surface area contributed by atoms with Crippen molar-refractivity contribution in [1.29, 1.82) is 0 Å². The van der Waals surface area contributed by atoms with Gasteiger partial charge in [0.2, 0.25) is 0 Å². The second kappa shape index (κ2) is 10.9. The van der Waals surface area contributed by atoms with E-state index in [0.717, 1.165) is 54.6 Å². The normalized spacial score (nSPS) is 11.2. The summed E-state index contributed by atoms with van der Waals surface area (Å²) in [6.07, 6.45) is 0.871. The lowest BCUT2D eigenvalue weighted by Gasteiger charge is -2.14. The fraction of sp³-hybridized carbons (Fsp3) is 0.333. The number of aromatic nitrogens is 2. The number of hydrogen-bond donors (Lipinski definition) is 2. The molecule has 0 unspecified atom stereocenters. The number of fused-ring (bicyclic) bond motifs is 1. The monoisotopic (exact) mass is 493 g/mol. The first-order valence-corrected chi connectivity index (χ1v) is 9.21. The molecule has 0 fully saturated rings. The van der Waals surface area contributed by atoms with Gasteiger partial charge in [0, 0.05) is 26.7 Å². The van der Waals surface area contributed by atoms with Gasteiger partial charge in [-0.15, -0.1) is 24.0 Å². The smallest absolute Gasteiger partial charge is 0.191 e. The van der Waals surface area contributed by atoms with Crippen LogP contribution in [0.5, 0.6) is 5.75 Å². The second-order valence-electron chi connectivity index (χ2n) is 6.29. The Morgan fingerprint density at radius 2 is 1.79 bits per heavy atom. The number of aliphatic imine (C=N–C) groups is 1. The van der Waals surface area contributed by atoms with Crippen molar-refractivity contribution in [3.05, 3.63) is 59.9 Å². The molecular formula is C21H28IN5O. The summed E-state index contributed by atoms with van der Waals surface area (Å²) in [7, 11) is 3.49. The Balaban J connectivity index is 0.00000280. The number of nitrogens with zero attached hydrogens (tertiary/aromatic N) is 3. The van der Waals surface area contributed by atoms with Gasteiger partial charge in [-0.25, -0.2) is 4.98 Å². The molecule has 2 aromatic carbocycles. The molecule has 0 aliphatic heterocycles. The fourth-order valence-corrected chi connectivity index (χ4v) is 3.21. The quantitative estimate of drug-likeness (QED) is 0.301. The molecule has 0 bridgehead atoms. The lowest BCUT2D eigenvalue weighted by atomic mass is 10.1. The number of guanidine groups is 1. The van der Waals surface area contributed by atoms with Crippen LogP contribution in [0, 0.1) is 6.92 Å². The van der Waals surface area contributed by atoms with E-state index in [1.165, 1.54) is 5.56 Å². The van der Waals surface area contributed by atoms with Crippen LogP contribution in [0.1, 0.15) is 11.4 Å². The lowest BCUT2D eigenvalue weighted by Crippen LogP contribution is -2.39. The molecule has 0 saturated heterocycles. The molecular weight excluding hydrogens is 465 g/mol. The number of halogens is 1. The molecule has 6 nitrogen and oxygen atoms in total. The van der Waals surface area contributed by atoms with Crippen LogP contribution in [-0.2, 0) is 13.0 Å². The Hall–Kier alpha value is -2.29. The van der Waals surface area contributed by atoms with E-state index >= 15 is 0 Å². The highest BCUT2D eigenvalue weighted by molar-refractivity contribution is 14.0. The van der Waals surface area contributed by atoms with Crippen LogP contribution in [0.25, 0.3) is 11.0 Å². The number of para-hydroxylation sites is 3. The Labute approximate surface area is 183 Å². The number of rotatable bonds is 7. The third kappa shape index (κ3) is 5.37. The molecule has 0 aliphatic carbocycles. The number of aryl methyl sites for hydroxylation is 1. The van der Waals surface area contributed by atoms with Gasteiger partial charge in [0.25, 0.3) is 0 Å². The van der Waals surface area contributed by atoms with Gasteiger partial charge < -0.3 is 19.9 Å². The van der Waals surface area contributed by atoms with Crippen LogP contribution in [-0.4, -0.2) is 42.8 Å². The molecule has 28 heavy (non-hydrogen) atoms. The maximum absolute atomic E-state index is 5.40. The van der Waals surface area contributed by atoms with Gasteiger partial charge in [-0.2, -0.15) is 0 Å². The molecule has 1 heterocycles. The number of imidazole rings is 1. The van der Waals surface area contributed by atoms with Crippen LogP contribution in [0.2, 0.25) is 0 Å². The number of nitrogens with one attached hydrogen (secondary N) is 2. The van der Waals surface area contributed by atoms with E-state index in [1.54, 1.807) is 14.2 Å². The molecule has 0 aliphatic rings. The van der Waals surface area contributed by atoms with Crippen LogP contribution in [0.4, 0.5) is 0 Å². The van der Waals surface area contributed by atoms with Crippen LogP contribution in [0.3, 0.4) is 0 Å². The minimum Gasteiger partial charge on any atom is -0.496 e. The first-order valence-electron chi connectivity index (χ1n) is 9.21. The summed E-state index contributed by atoms with van der Waals surface area (Å²) >= 11 is 0. The van der Waals surface area contributed by atoms with E-state index in [2.05, 4.69) is 37.3 Å². The van der Waals surface area contributed by atoms with Crippen molar-refractivity contribution < 1.29 is 4.74 Å². The molecule has 3 aromatic rings. The van der Waals surface area contributed by atoms with E-state index < -0.39 is 0 Å². The van der Waals surface area contributed by atoms with Gasteiger partial charge in [-0.3, -0.25) is 4.99 Å². The van der Waals surface area contributed by atoms with E-state index in [1.807, 2.05) is 43.3 Å². The third-order valence-corrected chi connectivity index (χ3v) is 4.58. The Morgan fingerprint density at radius 3 is 2.57 bits per heavy atom. The maximum atomic E-state index is 5.40. The Kier molecular flexibility index (Phi) is 8.56. The first kappa shape index (κ1) is 22.0. The van der Waals surface area contributed by atoms with E-state index in [9.17, 15) is 0 Å². The third-order valence-electron chi connectivity index (χ3n) is 4.58. The fourth-order valence-electron chi connectivity index (χ4n) is 3.21. The highest BCUT2D eigenvalue weighted by Gasteiger charge is 2.07. The summed E-state index contributed by atoms with van der Waals surface area (Å²) in [4.78, 5) is 8.91. The Bertz CT molecular complexity index is 922. The summed E-state index contributed by atoms with van der Waals surface area (Å²) in [6.45, 7) is 4.43. The molecule has 0 spiro atoms. The zero-order valence-electron chi connectivity index (χ0n) is 16.6. The minimum absolute atomic E-state index is 0. The summed E-state index contributed by atoms with van der Waals surface area (Å²) in [6, 6.07) is 16.3. The zero-order chi connectivity index (χ0) is 19.1. The molecule has 1 aromatic heterocycles. The molecule has 0 radical (unpaired) electrons. The average Bonchev–Trinajstić information content (AvgIpc) is 3.02. The summed E-state index contributed by atoms with van der Waals surface area (Å²) < 4.78 is 7.63. The summed E-state index contributed by atoms with van der Waals surface area (Å²) in [5, 5.41) is 6.73.